The van der Waals surface area contributed by atoms with Crippen molar-refractivity contribution in [3.05, 3.63) is 77.6 Å². The Kier molecular flexibility index (Phi) is 5.00. The number of rotatable bonds is 6. The number of hydrogen-bond acceptors (Lipinski definition) is 7. The summed E-state index contributed by atoms with van der Waals surface area (Å²) < 4.78 is 1.41. The third-order valence-electron chi connectivity index (χ3n) is 4.91. The number of benzene rings is 2. The summed E-state index contributed by atoms with van der Waals surface area (Å²) in [5.74, 6) is 1.18. The molecule has 5 rings (SSSR count). The highest BCUT2D eigenvalue weighted by Crippen LogP contribution is 2.31. The zero-order valence-electron chi connectivity index (χ0n) is 16.6. The molecule has 0 aliphatic rings. The number of nitrogens with one attached hydrogen (secondary N) is 3. The van der Waals surface area contributed by atoms with Crippen molar-refractivity contribution in [2.75, 3.05) is 10.6 Å². The van der Waals surface area contributed by atoms with E-state index in [9.17, 15) is 10.2 Å². The molecule has 0 spiro atoms. The largest absolute Gasteiger partial charge is 0.494 e. The molecule has 5 aromatic rings. The molecule has 0 aliphatic heterocycles. The number of aromatic nitrogens is 5. The van der Waals surface area contributed by atoms with Crippen LogP contribution in [-0.4, -0.2) is 34.9 Å². The number of aromatic amines is 1. The van der Waals surface area contributed by atoms with Crippen molar-refractivity contribution >= 4 is 45.6 Å². The van der Waals surface area contributed by atoms with Gasteiger partial charge in [-0.2, -0.15) is 5.10 Å². The van der Waals surface area contributed by atoms with Gasteiger partial charge >= 0.3 is 0 Å². The first kappa shape index (κ1) is 19.7. The van der Waals surface area contributed by atoms with E-state index in [1.165, 1.54) is 23.0 Å². The predicted molar refractivity (Wildman–Crippen MR) is 123 cm³/mol. The Morgan fingerprint density at radius 1 is 0.906 bits per heavy atom. The Bertz CT molecular complexity index is 1390. The number of hydrogen-bond donors (Lipinski definition) is 5. The van der Waals surface area contributed by atoms with Crippen LogP contribution in [0.25, 0.3) is 11.0 Å². The molecule has 0 unspecified atom stereocenters. The maximum Gasteiger partial charge on any atom is 0.194 e. The van der Waals surface area contributed by atoms with Crippen molar-refractivity contribution in [1.29, 1.82) is 0 Å². The highest BCUT2D eigenvalue weighted by atomic mass is 35.5. The second-order valence-electron chi connectivity index (χ2n) is 7.12. The van der Waals surface area contributed by atoms with Gasteiger partial charge in [-0.15, -0.1) is 0 Å². The zero-order chi connectivity index (χ0) is 22.1. The number of halogens is 1. The summed E-state index contributed by atoms with van der Waals surface area (Å²) in [7, 11) is 0. The Morgan fingerprint density at radius 3 is 2.44 bits per heavy atom. The van der Waals surface area contributed by atoms with E-state index in [1.54, 1.807) is 12.1 Å². The second kappa shape index (κ2) is 8.12. The number of anilines is 4. The fourth-order valence-corrected chi connectivity index (χ4v) is 3.62. The van der Waals surface area contributed by atoms with Gasteiger partial charge in [0.15, 0.2) is 17.4 Å². The van der Waals surface area contributed by atoms with Gasteiger partial charge in [0.1, 0.15) is 23.3 Å². The maximum absolute atomic E-state index is 9.90. The predicted octanol–water partition coefficient (Wildman–Crippen LogP) is 4.75. The minimum Gasteiger partial charge on any atom is -0.494 e. The van der Waals surface area contributed by atoms with Gasteiger partial charge in [0, 0.05) is 28.5 Å². The summed E-state index contributed by atoms with van der Waals surface area (Å²) in [5, 5.41) is 34.9. The Balaban J connectivity index is 1.45. The minimum atomic E-state index is -0.00527. The van der Waals surface area contributed by atoms with E-state index in [2.05, 4.69) is 30.8 Å². The Labute approximate surface area is 187 Å². The van der Waals surface area contributed by atoms with Crippen LogP contribution in [0.1, 0.15) is 5.56 Å². The summed E-state index contributed by atoms with van der Waals surface area (Å²) in [6.45, 7) is 0.314. The van der Waals surface area contributed by atoms with E-state index in [-0.39, 0.29) is 11.8 Å². The number of nitrogens with zero attached hydrogens (tertiary/aromatic N) is 4. The monoisotopic (exact) mass is 447 g/mol. The summed E-state index contributed by atoms with van der Waals surface area (Å²) in [5.41, 5.74) is 2.97. The molecular formula is C22H18ClN7O2. The number of H-pyrrole nitrogens is 1. The summed E-state index contributed by atoms with van der Waals surface area (Å²) in [4.78, 5) is 8.60. The average molecular weight is 448 g/mol. The van der Waals surface area contributed by atoms with Crippen molar-refractivity contribution in [1.82, 2.24) is 24.7 Å². The third kappa shape index (κ3) is 3.88. The van der Waals surface area contributed by atoms with Crippen LogP contribution in [0.2, 0.25) is 5.02 Å². The highest BCUT2D eigenvalue weighted by molar-refractivity contribution is 6.30. The van der Waals surface area contributed by atoms with Gasteiger partial charge in [-0.25, -0.2) is 9.97 Å². The Morgan fingerprint density at radius 2 is 1.66 bits per heavy atom. The smallest absolute Gasteiger partial charge is 0.194 e. The first-order chi connectivity index (χ1) is 15.6. The number of fused-ring (bicyclic) bond motifs is 1. The van der Waals surface area contributed by atoms with Crippen LogP contribution in [0.4, 0.5) is 23.0 Å². The molecule has 0 saturated carbocycles. The molecule has 0 atom stereocenters. The third-order valence-corrected chi connectivity index (χ3v) is 5.14. The van der Waals surface area contributed by atoms with Crippen LogP contribution in [0.5, 0.6) is 11.8 Å². The number of aromatic hydroxyl groups is 2. The van der Waals surface area contributed by atoms with Gasteiger partial charge in [0.25, 0.3) is 0 Å². The first-order valence-electron chi connectivity index (χ1n) is 9.72. The summed E-state index contributed by atoms with van der Waals surface area (Å²) >= 11 is 6.10. The van der Waals surface area contributed by atoms with E-state index >= 15 is 0 Å². The van der Waals surface area contributed by atoms with Crippen molar-refractivity contribution < 1.29 is 10.2 Å². The first-order valence-corrected chi connectivity index (χ1v) is 10.1. The van der Waals surface area contributed by atoms with Crippen LogP contribution in [-0.2, 0) is 6.54 Å². The van der Waals surface area contributed by atoms with Crippen LogP contribution >= 0.6 is 11.6 Å². The second-order valence-corrected chi connectivity index (χ2v) is 7.55. The average Bonchev–Trinajstić information content (AvgIpc) is 3.33. The van der Waals surface area contributed by atoms with Crippen molar-refractivity contribution in [2.24, 2.45) is 0 Å². The zero-order valence-corrected chi connectivity index (χ0v) is 17.4. The molecule has 0 fully saturated rings. The van der Waals surface area contributed by atoms with Gasteiger partial charge in [-0.1, -0.05) is 29.8 Å². The van der Waals surface area contributed by atoms with E-state index in [0.29, 0.717) is 34.2 Å². The molecule has 9 nitrogen and oxygen atoms in total. The van der Waals surface area contributed by atoms with E-state index in [1.807, 2.05) is 36.4 Å². The molecule has 0 amide bonds. The molecule has 0 aliphatic carbocycles. The summed E-state index contributed by atoms with van der Waals surface area (Å²) in [6.07, 6.45) is 1.44. The fourth-order valence-electron chi connectivity index (χ4n) is 3.43. The van der Waals surface area contributed by atoms with E-state index in [4.69, 9.17) is 11.6 Å². The van der Waals surface area contributed by atoms with Crippen LogP contribution in [0.3, 0.4) is 0 Å². The molecule has 0 bridgehead atoms. The lowest BCUT2D eigenvalue weighted by molar-refractivity contribution is 0.377. The van der Waals surface area contributed by atoms with Crippen LogP contribution < -0.4 is 10.6 Å². The normalized spacial score (nSPS) is 11.0. The Hall–Kier alpha value is -4.24. The van der Waals surface area contributed by atoms with Gasteiger partial charge in [-0.3, -0.25) is 9.67 Å². The molecular weight excluding hydrogens is 430 g/mol. The van der Waals surface area contributed by atoms with Crippen molar-refractivity contribution in [2.45, 2.75) is 6.54 Å². The molecule has 160 valence electrons. The van der Waals surface area contributed by atoms with Gasteiger partial charge in [-0.05, 0) is 35.9 Å². The quantitative estimate of drug-likeness (QED) is 0.254. The molecule has 3 heterocycles. The summed E-state index contributed by atoms with van der Waals surface area (Å²) in [6, 6.07) is 17.8. The molecule has 0 radical (unpaired) electrons. The maximum atomic E-state index is 9.90. The SMILES string of the molecule is Oc1ccc(O)n1Cc1cccc(Nc2[nH]nc3ncnc(Nc4cccc(Cl)c4)c23)c1. The van der Waals surface area contributed by atoms with Crippen molar-refractivity contribution in [3.8, 4) is 11.8 Å². The molecule has 5 N–H and O–H groups in total. The van der Waals surface area contributed by atoms with Gasteiger partial charge < -0.3 is 20.8 Å². The van der Waals surface area contributed by atoms with Gasteiger partial charge in [0.05, 0.1) is 6.54 Å². The molecule has 0 saturated heterocycles. The van der Waals surface area contributed by atoms with Crippen LogP contribution in [0, 0.1) is 0 Å². The van der Waals surface area contributed by atoms with Gasteiger partial charge in [0.2, 0.25) is 0 Å². The molecule has 10 heteroatoms. The lowest BCUT2D eigenvalue weighted by Gasteiger charge is -2.11. The standard InChI is InChI=1S/C22H18ClN7O2/c23-14-4-2-6-16(10-14)26-20-19-21(25-12-24-20)28-29-22(19)27-15-5-1-3-13(9-15)11-30-17(31)7-8-18(30)32/h1-10,12,31-32H,11H2,(H3,24,25,26,27,28,29). The van der Waals surface area contributed by atoms with E-state index in [0.717, 1.165) is 16.9 Å². The topological polar surface area (TPSA) is 124 Å². The van der Waals surface area contributed by atoms with Crippen LogP contribution in [0.15, 0.2) is 67.0 Å². The molecule has 2 aromatic carbocycles. The van der Waals surface area contributed by atoms with E-state index < -0.39 is 0 Å². The lowest BCUT2D eigenvalue weighted by atomic mass is 10.2. The minimum absolute atomic E-state index is 0.00527. The highest BCUT2D eigenvalue weighted by Gasteiger charge is 2.14. The fraction of sp³-hybridized carbons (Fsp3) is 0.0455. The van der Waals surface area contributed by atoms with Crippen molar-refractivity contribution in [3.63, 3.8) is 0 Å². The lowest BCUT2D eigenvalue weighted by Crippen LogP contribution is -2.00. The molecule has 3 aromatic heterocycles. The molecule has 32 heavy (non-hydrogen) atoms.